The predicted octanol–water partition coefficient (Wildman–Crippen LogP) is 3.28. The molecule has 0 heterocycles. The lowest BCUT2D eigenvalue weighted by Crippen LogP contribution is -2.24. The Bertz CT molecular complexity index is 639. The highest BCUT2D eigenvalue weighted by Gasteiger charge is 2.03. The van der Waals surface area contributed by atoms with Crippen molar-refractivity contribution >= 4 is 12.1 Å². The maximum absolute atomic E-state index is 11.7. The number of ether oxygens (including phenoxy) is 1. The zero-order valence-corrected chi connectivity index (χ0v) is 12.8. The first-order chi connectivity index (χ1) is 10.6. The van der Waals surface area contributed by atoms with Gasteiger partial charge in [0.15, 0.2) is 6.61 Å². The van der Waals surface area contributed by atoms with Gasteiger partial charge in [-0.25, -0.2) is 5.43 Å². The Balaban J connectivity index is 1.77. The number of aryl methyl sites for hydroxylation is 1. The van der Waals surface area contributed by atoms with Crippen LogP contribution >= 0.6 is 0 Å². The molecule has 0 saturated carbocycles. The summed E-state index contributed by atoms with van der Waals surface area (Å²) >= 11 is 0. The molecular formula is C18H20N2O2. The minimum absolute atomic E-state index is 0.0550. The van der Waals surface area contributed by atoms with E-state index < -0.39 is 0 Å². The molecule has 2 aromatic rings. The lowest BCUT2D eigenvalue weighted by molar-refractivity contribution is -0.123. The minimum Gasteiger partial charge on any atom is -0.484 e. The van der Waals surface area contributed by atoms with E-state index in [4.69, 9.17) is 4.74 Å². The maximum atomic E-state index is 11.7. The molecule has 0 aliphatic heterocycles. The van der Waals surface area contributed by atoms with E-state index in [0.29, 0.717) is 5.75 Å². The number of carbonyl (C=O) groups is 1. The Morgan fingerprint density at radius 2 is 2.00 bits per heavy atom. The van der Waals surface area contributed by atoms with E-state index in [-0.39, 0.29) is 18.4 Å². The molecule has 2 rings (SSSR count). The van der Waals surface area contributed by atoms with Gasteiger partial charge < -0.3 is 4.74 Å². The van der Waals surface area contributed by atoms with E-state index in [2.05, 4.69) is 10.5 Å². The minimum atomic E-state index is -0.280. The van der Waals surface area contributed by atoms with Gasteiger partial charge in [-0.1, -0.05) is 49.4 Å². The Hall–Kier alpha value is -2.62. The van der Waals surface area contributed by atoms with Gasteiger partial charge in [-0.2, -0.15) is 5.10 Å². The van der Waals surface area contributed by atoms with Crippen molar-refractivity contribution in [2.45, 2.75) is 19.8 Å². The van der Waals surface area contributed by atoms with Gasteiger partial charge in [0.2, 0.25) is 0 Å². The molecule has 0 saturated heterocycles. The van der Waals surface area contributed by atoms with Crippen LogP contribution in [0.4, 0.5) is 0 Å². The van der Waals surface area contributed by atoms with E-state index in [1.54, 1.807) is 6.21 Å². The molecule has 0 aromatic heterocycles. The standard InChI is InChI=1S/C18H20N2O2/c1-14-7-6-10-17(11-14)22-13-18(21)20-19-12-15(2)16-8-4-3-5-9-16/h3-12,15H,13H2,1-2H3,(H,20,21)/b19-12+. The number of hydrogen-bond donors (Lipinski definition) is 1. The molecule has 4 heteroatoms. The number of nitrogens with zero attached hydrogens (tertiary/aromatic N) is 1. The van der Waals surface area contributed by atoms with E-state index in [0.717, 1.165) is 11.1 Å². The Morgan fingerprint density at radius 3 is 2.73 bits per heavy atom. The van der Waals surface area contributed by atoms with Crippen molar-refractivity contribution in [3.63, 3.8) is 0 Å². The molecule has 0 radical (unpaired) electrons. The average molecular weight is 296 g/mol. The first kappa shape index (κ1) is 15.8. The maximum Gasteiger partial charge on any atom is 0.277 e. The van der Waals surface area contributed by atoms with Gasteiger partial charge in [-0.15, -0.1) is 0 Å². The highest BCUT2D eigenvalue weighted by Crippen LogP contribution is 2.12. The molecule has 4 nitrogen and oxygen atoms in total. The third kappa shape index (κ3) is 5.05. The molecule has 22 heavy (non-hydrogen) atoms. The van der Waals surface area contributed by atoms with Crippen molar-refractivity contribution in [2.24, 2.45) is 5.10 Å². The summed E-state index contributed by atoms with van der Waals surface area (Å²) in [6.45, 7) is 3.94. The lowest BCUT2D eigenvalue weighted by Gasteiger charge is -2.07. The number of hydrazone groups is 1. The molecule has 1 unspecified atom stereocenters. The third-order valence-electron chi connectivity index (χ3n) is 3.17. The van der Waals surface area contributed by atoms with Crippen LogP contribution in [0.15, 0.2) is 59.7 Å². The topological polar surface area (TPSA) is 50.7 Å². The van der Waals surface area contributed by atoms with Crippen molar-refractivity contribution in [1.29, 1.82) is 0 Å². The lowest BCUT2D eigenvalue weighted by atomic mass is 10.0. The Kier molecular flexibility index (Phi) is 5.72. The highest BCUT2D eigenvalue weighted by molar-refractivity contribution is 5.78. The molecule has 1 N–H and O–H groups in total. The summed E-state index contributed by atoms with van der Waals surface area (Å²) < 4.78 is 5.40. The summed E-state index contributed by atoms with van der Waals surface area (Å²) in [5.74, 6) is 0.536. The smallest absolute Gasteiger partial charge is 0.277 e. The predicted molar refractivity (Wildman–Crippen MR) is 88.2 cm³/mol. The van der Waals surface area contributed by atoms with Crippen molar-refractivity contribution in [3.8, 4) is 5.75 Å². The summed E-state index contributed by atoms with van der Waals surface area (Å²) in [6.07, 6.45) is 1.71. The molecule has 0 bridgehead atoms. The molecule has 1 atom stereocenters. The monoisotopic (exact) mass is 296 g/mol. The van der Waals surface area contributed by atoms with E-state index >= 15 is 0 Å². The quantitative estimate of drug-likeness (QED) is 0.657. The summed E-state index contributed by atoms with van der Waals surface area (Å²) in [7, 11) is 0. The van der Waals surface area contributed by atoms with Gasteiger partial charge in [0, 0.05) is 12.1 Å². The van der Waals surface area contributed by atoms with Crippen LogP contribution in [0.25, 0.3) is 0 Å². The van der Waals surface area contributed by atoms with Crippen molar-refractivity contribution in [2.75, 3.05) is 6.61 Å². The third-order valence-corrected chi connectivity index (χ3v) is 3.17. The molecule has 0 aliphatic carbocycles. The van der Waals surface area contributed by atoms with Crippen LogP contribution in [0.5, 0.6) is 5.75 Å². The van der Waals surface area contributed by atoms with E-state index in [1.807, 2.05) is 68.4 Å². The number of benzene rings is 2. The number of amides is 1. The normalized spacial score (nSPS) is 12.1. The molecule has 2 aromatic carbocycles. The number of nitrogens with one attached hydrogen (secondary N) is 1. The zero-order valence-electron chi connectivity index (χ0n) is 12.8. The van der Waals surface area contributed by atoms with E-state index in [9.17, 15) is 4.79 Å². The van der Waals surface area contributed by atoms with Gasteiger partial charge in [0.05, 0.1) is 0 Å². The van der Waals surface area contributed by atoms with Crippen LogP contribution in [-0.4, -0.2) is 18.7 Å². The first-order valence-corrected chi connectivity index (χ1v) is 7.21. The second-order valence-corrected chi connectivity index (χ2v) is 5.12. The van der Waals surface area contributed by atoms with Crippen LogP contribution in [0.2, 0.25) is 0 Å². The summed E-state index contributed by atoms with van der Waals surface area (Å²) in [6, 6.07) is 17.6. The van der Waals surface area contributed by atoms with Gasteiger partial charge in [0.1, 0.15) is 5.75 Å². The van der Waals surface area contributed by atoms with Crippen LogP contribution in [0, 0.1) is 6.92 Å². The average Bonchev–Trinajstić information content (AvgIpc) is 2.54. The van der Waals surface area contributed by atoms with Crippen LogP contribution in [-0.2, 0) is 4.79 Å². The van der Waals surface area contributed by atoms with E-state index in [1.165, 1.54) is 0 Å². The molecule has 0 spiro atoms. The largest absolute Gasteiger partial charge is 0.484 e. The van der Waals surface area contributed by atoms with Crippen LogP contribution in [0.1, 0.15) is 24.0 Å². The fraction of sp³-hybridized carbons (Fsp3) is 0.222. The second-order valence-electron chi connectivity index (χ2n) is 5.12. The van der Waals surface area contributed by atoms with Gasteiger partial charge in [-0.05, 0) is 30.2 Å². The molecule has 114 valence electrons. The number of hydrogen-bond acceptors (Lipinski definition) is 3. The molecule has 1 amide bonds. The number of rotatable bonds is 6. The van der Waals surface area contributed by atoms with Gasteiger partial charge >= 0.3 is 0 Å². The summed E-state index contributed by atoms with van der Waals surface area (Å²) in [5.41, 5.74) is 4.71. The van der Waals surface area contributed by atoms with Gasteiger partial charge in [-0.3, -0.25) is 4.79 Å². The van der Waals surface area contributed by atoms with Gasteiger partial charge in [0.25, 0.3) is 5.91 Å². The zero-order chi connectivity index (χ0) is 15.8. The molecule has 0 aliphatic rings. The van der Waals surface area contributed by atoms with Crippen LogP contribution in [0.3, 0.4) is 0 Å². The van der Waals surface area contributed by atoms with Crippen molar-refractivity contribution in [1.82, 2.24) is 5.43 Å². The summed E-state index contributed by atoms with van der Waals surface area (Å²) in [4.78, 5) is 11.7. The number of carbonyl (C=O) groups excluding carboxylic acids is 1. The Morgan fingerprint density at radius 1 is 1.23 bits per heavy atom. The van der Waals surface area contributed by atoms with Crippen LogP contribution < -0.4 is 10.2 Å². The summed E-state index contributed by atoms with van der Waals surface area (Å²) in [5, 5.41) is 3.97. The highest BCUT2D eigenvalue weighted by atomic mass is 16.5. The molecular weight excluding hydrogens is 276 g/mol. The van der Waals surface area contributed by atoms with Crippen molar-refractivity contribution < 1.29 is 9.53 Å². The SMILES string of the molecule is Cc1cccc(OCC(=O)N/N=C/C(C)c2ccccc2)c1. The molecule has 0 fully saturated rings. The fourth-order valence-corrected chi connectivity index (χ4v) is 1.95. The fourth-order valence-electron chi connectivity index (χ4n) is 1.95. The van der Waals surface area contributed by atoms with Crippen molar-refractivity contribution in [3.05, 3.63) is 65.7 Å². The first-order valence-electron chi connectivity index (χ1n) is 7.21. The second kappa shape index (κ2) is 7.98. The Labute approximate surface area is 130 Å².